The number of thioether (sulfide) groups is 1. The molecule has 0 saturated heterocycles. The van der Waals surface area contributed by atoms with Crippen molar-refractivity contribution in [2.24, 2.45) is 0 Å². The van der Waals surface area contributed by atoms with Gasteiger partial charge in [0.25, 0.3) is 11.8 Å². The van der Waals surface area contributed by atoms with Crippen molar-refractivity contribution in [3.63, 3.8) is 0 Å². The first-order valence-electron chi connectivity index (χ1n) is 13.5. The molecule has 0 saturated carbocycles. The molecule has 0 aliphatic carbocycles. The van der Waals surface area contributed by atoms with Gasteiger partial charge in [0, 0.05) is 33.5 Å². The van der Waals surface area contributed by atoms with Crippen LogP contribution in [0.25, 0.3) is 6.08 Å². The molecule has 0 radical (unpaired) electrons. The maximum Gasteiger partial charge on any atom is 0.272 e. The SMILES string of the molecule is COc1ccc(/C=C(/NC(=O)c2ccccc2)C(=O)Nc2cccc(SCC(=O)Nc3ccc(C)cc3C)c2)c(OC)c1. The van der Waals surface area contributed by atoms with Crippen molar-refractivity contribution in [3.05, 3.63) is 119 Å². The first-order valence-corrected chi connectivity index (χ1v) is 14.5. The quantitative estimate of drug-likeness (QED) is 0.136. The van der Waals surface area contributed by atoms with Crippen molar-refractivity contribution >= 4 is 46.9 Å². The van der Waals surface area contributed by atoms with Gasteiger partial charge >= 0.3 is 0 Å². The fraction of sp³-hybridized carbons (Fsp3) is 0.147. The summed E-state index contributed by atoms with van der Waals surface area (Å²) < 4.78 is 10.8. The lowest BCUT2D eigenvalue weighted by molar-refractivity contribution is -0.114. The molecule has 0 aliphatic rings. The second kappa shape index (κ2) is 14.7. The minimum atomic E-state index is -0.531. The summed E-state index contributed by atoms with van der Waals surface area (Å²) in [7, 11) is 3.06. The first kappa shape index (κ1) is 30.9. The number of carbonyl (C=O) groups excluding carboxylic acids is 3. The van der Waals surface area contributed by atoms with Crippen LogP contribution in [0, 0.1) is 13.8 Å². The van der Waals surface area contributed by atoms with E-state index in [1.807, 2.05) is 38.1 Å². The Kier molecular flexibility index (Phi) is 10.6. The third kappa shape index (κ3) is 8.73. The molecule has 4 aromatic carbocycles. The van der Waals surface area contributed by atoms with Gasteiger partial charge in [-0.15, -0.1) is 11.8 Å². The van der Waals surface area contributed by atoms with Gasteiger partial charge in [0.1, 0.15) is 17.2 Å². The molecule has 0 aromatic heterocycles. The molecule has 4 aromatic rings. The Morgan fingerprint density at radius 3 is 2.33 bits per heavy atom. The van der Waals surface area contributed by atoms with Crippen molar-refractivity contribution in [1.82, 2.24) is 5.32 Å². The third-order valence-corrected chi connectivity index (χ3v) is 7.38. The number of carbonyl (C=O) groups is 3. The molecule has 0 bridgehead atoms. The summed E-state index contributed by atoms with van der Waals surface area (Å²) in [4.78, 5) is 39.9. The molecule has 0 fully saturated rings. The number of hydrogen-bond acceptors (Lipinski definition) is 6. The van der Waals surface area contributed by atoms with Gasteiger partial charge in [0.05, 0.1) is 20.0 Å². The molecule has 0 atom stereocenters. The first-order chi connectivity index (χ1) is 20.7. The number of ether oxygens (including phenoxy) is 2. The molecule has 9 heteroatoms. The van der Waals surface area contributed by atoms with Gasteiger partial charge in [0.2, 0.25) is 5.91 Å². The molecule has 3 N–H and O–H groups in total. The van der Waals surface area contributed by atoms with E-state index in [1.54, 1.807) is 79.9 Å². The fourth-order valence-electron chi connectivity index (χ4n) is 4.19. The van der Waals surface area contributed by atoms with Crippen LogP contribution in [0.15, 0.2) is 102 Å². The third-order valence-electron chi connectivity index (χ3n) is 6.39. The number of hydrogen-bond donors (Lipinski definition) is 3. The van der Waals surface area contributed by atoms with Crippen LogP contribution in [0.4, 0.5) is 11.4 Å². The van der Waals surface area contributed by atoms with Crippen LogP contribution in [-0.2, 0) is 9.59 Å². The van der Waals surface area contributed by atoms with Crippen molar-refractivity contribution in [2.75, 3.05) is 30.6 Å². The predicted octanol–water partition coefficient (Wildman–Crippen LogP) is 6.46. The van der Waals surface area contributed by atoms with E-state index >= 15 is 0 Å². The summed E-state index contributed by atoms with van der Waals surface area (Å²) in [6.07, 6.45) is 1.55. The van der Waals surface area contributed by atoms with Gasteiger partial charge in [-0.25, -0.2) is 0 Å². The normalized spacial score (nSPS) is 10.9. The Morgan fingerprint density at radius 1 is 0.814 bits per heavy atom. The highest BCUT2D eigenvalue weighted by Gasteiger charge is 2.17. The predicted molar refractivity (Wildman–Crippen MR) is 172 cm³/mol. The minimum absolute atomic E-state index is 0.0169. The Bertz CT molecular complexity index is 1650. The van der Waals surface area contributed by atoms with Crippen LogP contribution in [0.1, 0.15) is 27.0 Å². The Morgan fingerprint density at radius 2 is 1.60 bits per heavy atom. The van der Waals surface area contributed by atoms with Crippen LogP contribution in [-0.4, -0.2) is 37.7 Å². The smallest absolute Gasteiger partial charge is 0.272 e. The lowest BCUT2D eigenvalue weighted by Gasteiger charge is -2.14. The van der Waals surface area contributed by atoms with Gasteiger partial charge < -0.3 is 25.4 Å². The summed E-state index contributed by atoms with van der Waals surface area (Å²) in [6, 6.07) is 26.8. The lowest BCUT2D eigenvalue weighted by Crippen LogP contribution is -2.30. The molecule has 3 amide bonds. The van der Waals surface area contributed by atoms with E-state index < -0.39 is 11.8 Å². The van der Waals surface area contributed by atoms with Crippen molar-refractivity contribution < 1.29 is 23.9 Å². The van der Waals surface area contributed by atoms with Gasteiger partial charge in [-0.3, -0.25) is 14.4 Å². The number of benzene rings is 4. The maximum atomic E-state index is 13.5. The van der Waals surface area contributed by atoms with E-state index in [0.29, 0.717) is 28.3 Å². The minimum Gasteiger partial charge on any atom is -0.497 e. The number of rotatable bonds is 11. The van der Waals surface area contributed by atoms with Crippen LogP contribution in [0.3, 0.4) is 0 Å². The molecular formula is C34H33N3O5S. The Labute approximate surface area is 255 Å². The topological polar surface area (TPSA) is 106 Å². The van der Waals surface area contributed by atoms with Gasteiger partial charge in [0.15, 0.2) is 0 Å². The standard InChI is InChI=1S/C34H33N3O5S/c1-22-13-16-29(23(2)17-22)36-32(38)21-43-28-12-8-11-26(19-28)35-34(40)30(37-33(39)24-9-6-5-7-10-24)18-25-14-15-27(41-3)20-31(25)42-4/h5-20H,21H2,1-4H3,(H,35,40)(H,36,38)(H,37,39)/b30-18+. The maximum absolute atomic E-state index is 13.5. The zero-order valence-corrected chi connectivity index (χ0v) is 25.2. The summed E-state index contributed by atoms with van der Waals surface area (Å²) in [5, 5.41) is 8.54. The summed E-state index contributed by atoms with van der Waals surface area (Å²) >= 11 is 1.35. The highest BCUT2D eigenvalue weighted by atomic mass is 32.2. The van der Waals surface area contributed by atoms with Gasteiger partial charge in [-0.05, 0) is 74.0 Å². The van der Waals surface area contributed by atoms with E-state index in [4.69, 9.17) is 9.47 Å². The van der Waals surface area contributed by atoms with Crippen molar-refractivity contribution in [3.8, 4) is 11.5 Å². The zero-order valence-electron chi connectivity index (χ0n) is 24.4. The van der Waals surface area contributed by atoms with Gasteiger partial charge in [-0.1, -0.05) is 42.0 Å². The zero-order chi connectivity index (χ0) is 30.8. The number of anilines is 2. The van der Waals surface area contributed by atoms with E-state index in [-0.39, 0.29) is 17.4 Å². The van der Waals surface area contributed by atoms with E-state index in [2.05, 4.69) is 16.0 Å². The summed E-state index contributed by atoms with van der Waals surface area (Å²) in [6.45, 7) is 3.96. The van der Waals surface area contributed by atoms with E-state index in [0.717, 1.165) is 21.7 Å². The largest absolute Gasteiger partial charge is 0.497 e. The van der Waals surface area contributed by atoms with Crippen LogP contribution in [0.5, 0.6) is 11.5 Å². The highest BCUT2D eigenvalue weighted by molar-refractivity contribution is 8.00. The molecule has 4 rings (SSSR count). The van der Waals surface area contributed by atoms with E-state index in [1.165, 1.54) is 18.9 Å². The van der Waals surface area contributed by atoms with Crippen molar-refractivity contribution in [2.45, 2.75) is 18.7 Å². The van der Waals surface area contributed by atoms with E-state index in [9.17, 15) is 14.4 Å². The number of amides is 3. The van der Waals surface area contributed by atoms with Crippen LogP contribution < -0.4 is 25.4 Å². The molecule has 220 valence electrons. The molecule has 0 aliphatic heterocycles. The molecule has 0 spiro atoms. The lowest BCUT2D eigenvalue weighted by atomic mass is 10.1. The highest BCUT2D eigenvalue weighted by Crippen LogP contribution is 2.27. The fourth-order valence-corrected chi connectivity index (χ4v) is 4.94. The molecular weight excluding hydrogens is 562 g/mol. The second-order valence-electron chi connectivity index (χ2n) is 9.62. The van der Waals surface area contributed by atoms with Crippen LogP contribution >= 0.6 is 11.8 Å². The molecule has 0 heterocycles. The Balaban J connectivity index is 1.50. The summed E-state index contributed by atoms with van der Waals surface area (Å²) in [5.74, 6) is 0.154. The van der Waals surface area contributed by atoms with Gasteiger partial charge in [-0.2, -0.15) is 0 Å². The summed E-state index contributed by atoms with van der Waals surface area (Å²) in [5.41, 5.74) is 4.40. The van der Waals surface area contributed by atoms with Crippen molar-refractivity contribution in [1.29, 1.82) is 0 Å². The second-order valence-corrected chi connectivity index (χ2v) is 10.7. The average Bonchev–Trinajstić information content (AvgIpc) is 3.01. The number of methoxy groups -OCH3 is 2. The Hall–Kier alpha value is -5.02. The number of nitrogens with one attached hydrogen (secondary N) is 3. The number of aryl methyl sites for hydroxylation is 2. The molecule has 0 unspecified atom stereocenters. The molecule has 43 heavy (non-hydrogen) atoms. The average molecular weight is 596 g/mol. The monoisotopic (exact) mass is 595 g/mol. The van der Waals surface area contributed by atoms with Crippen LogP contribution in [0.2, 0.25) is 0 Å². The molecule has 8 nitrogen and oxygen atoms in total.